The first-order valence-electron chi connectivity index (χ1n) is 5.26. The van der Waals surface area contributed by atoms with Gasteiger partial charge in [-0.25, -0.2) is 0 Å². The molecule has 0 saturated carbocycles. The summed E-state index contributed by atoms with van der Waals surface area (Å²) in [6.45, 7) is 2.16. The minimum Gasteiger partial charge on any atom is -0.299 e. The lowest BCUT2D eigenvalue weighted by Gasteiger charge is -1.99. The standard InChI is InChI=1S/C14H16O/c1-2-3-4-8-13-9-5-6-10-14(13)11-7-12-15/h4-12H,2-3H2,1H3/b8-4-,11-7?. The van der Waals surface area contributed by atoms with E-state index in [-0.39, 0.29) is 0 Å². The average molecular weight is 200 g/mol. The van der Waals surface area contributed by atoms with Crippen LogP contribution in [-0.2, 0) is 4.79 Å². The van der Waals surface area contributed by atoms with Crippen molar-refractivity contribution in [1.29, 1.82) is 0 Å². The maximum Gasteiger partial charge on any atom is 0.142 e. The first-order chi connectivity index (χ1) is 7.38. The van der Waals surface area contributed by atoms with Crippen LogP contribution in [0.5, 0.6) is 0 Å². The summed E-state index contributed by atoms with van der Waals surface area (Å²) in [4.78, 5) is 10.2. The van der Waals surface area contributed by atoms with Gasteiger partial charge >= 0.3 is 0 Å². The zero-order chi connectivity index (χ0) is 10.9. The van der Waals surface area contributed by atoms with Crippen LogP contribution in [0.15, 0.2) is 36.4 Å². The molecule has 15 heavy (non-hydrogen) atoms. The first-order valence-corrected chi connectivity index (χ1v) is 5.26. The van der Waals surface area contributed by atoms with Crippen molar-refractivity contribution in [3.63, 3.8) is 0 Å². The third kappa shape index (κ3) is 3.94. The zero-order valence-electron chi connectivity index (χ0n) is 9.02. The van der Waals surface area contributed by atoms with Crippen molar-refractivity contribution in [2.75, 3.05) is 0 Å². The second kappa shape index (κ2) is 6.77. The van der Waals surface area contributed by atoms with Crippen molar-refractivity contribution < 1.29 is 4.79 Å². The second-order valence-electron chi connectivity index (χ2n) is 3.32. The fourth-order valence-electron chi connectivity index (χ4n) is 1.33. The van der Waals surface area contributed by atoms with Gasteiger partial charge in [0.25, 0.3) is 0 Å². The molecule has 0 atom stereocenters. The summed E-state index contributed by atoms with van der Waals surface area (Å²) in [7, 11) is 0. The summed E-state index contributed by atoms with van der Waals surface area (Å²) < 4.78 is 0. The molecule has 0 radical (unpaired) electrons. The second-order valence-corrected chi connectivity index (χ2v) is 3.32. The Morgan fingerprint density at radius 2 is 1.80 bits per heavy atom. The minimum absolute atomic E-state index is 0.798. The number of allylic oxidation sites excluding steroid dienone is 2. The normalized spacial score (nSPS) is 11.3. The van der Waals surface area contributed by atoms with Crippen molar-refractivity contribution in [2.45, 2.75) is 19.8 Å². The van der Waals surface area contributed by atoms with Crippen LogP contribution in [0.2, 0.25) is 0 Å². The molecule has 0 fully saturated rings. The molecular weight excluding hydrogens is 184 g/mol. The quantitative estimate of drug-likeness (QED) is 0.523. The van der Waals surface area contributed by atoms with Crippen molar-refractivity contribution in [2.24, 2.45) is 0 Å². The highest BCUT2D eigenvalue weighted by Crippen LogP contribution is 2.12. The van der Waals surface area contributed by atoms with Crippen LogP contribution in [0.1, 0.15) is 30.9 Å². The number of rotatable bonds is 5. The van der Waals surface area contributed by atoms with Gasteiger partial charge in [0.1, 0.15) is 6.29 Å². The smallest absolute Gasteiger partial charge is 0.142 e. The third-order valence-corrected chi connectivity index (χ3v) is 2.10. The van der Waals surface area contributed by atoms with Crippen molar-refractivity contribution in [3.05, 3.63) is 47.5 Å². The molecule has 1 aromatic carbocycles. The largest absolute Gasteiger partial charge is 0.299 e. The molecule has 1 nitrogen and oxygen atoms in total. The van der Waals surface area contributed by atoms with Gasteiger partial charge in [-0.2, -0.15) is 0 Å². The molecule has 0 spiro atoms. The lowest BCUT2D eigenvalue weighted by Crippen LogP contribution is -1.79. The molecule has 1 rings (SSSR count). The summed E-state index contributed by atoms with van der Waals surface area (Å²) in [5, 5.41) is 0. The Bertz CT molecular complexity index is 361. The van der Waals surface area contributed by atoms with Gasteiger partial charge in [-0.3, -0.25) is 4.79 Å². The predicted molar refractivity (Wildman–Crippen MR) is 65.5 cm³/mol. The first kappa shape index (κ1) is 11.4. The molecule has 78 valence electrons. The molecule has 1 heteroatoms. The monoisotopic (exact) mass is 200 g/mol. The van der Waals surface area contributed by atoms with Gasteiger partial charge in [-0.15, -0.1) is 0 Å². The number of hydrogen-bond donors (Lipinski definition) is 0. The average Bonchev–Trinajstić information content (AvgIpc) is 2.28. The SMILES string of the molecule is CCC/C=C\c1ccccc1C=CC=O. The van der Waals surface area contributed by atoms with Crippen LogP contribution < -0.4 is 0 Å². The molecule has 0 heterocycles. The van der Waals surface area contributed by atoms with Crippen LogP contribution in [0.3, 0.4) is 0 Å². The van der Waals surface area contributed by atoms with E-state index in [1.807, 2.05) is 24.3 Å². The van der Waals surface area contributed by atoms with Gasteiger partial charge in [-0.1, -0.05) is 55.8 Å². The highest BCUT2D eigenvalue weighted by atomic mass is 16.1. The van der Waals surface area contributed by atoms with E-state index in [1.54, 1.807) is 0 Å². The maximum absolute atomic E-state index is 10.2. The maximum atomic E-state index is 10.2. The minimum atomic E-state index is 0.798. The van der Waals surface area contributed by atoms with Crippen LogP contribution in [0.4, 0.5) is 0 Å². The summed E-state index contributed by atoms with van der Waals surface area (Å²) >= 11 is 0. The Morgan fingerprint density at radius 1 is 1.13 bits per heavy atom. The van der Waals surface area contributed by atoms with Gasteiger partial charge in [0.15, 0.2) is 0 Å². The highest BCUT2D eigenvalue weighted by Gasteiger charge is 1.92. The molecule has 0 bridgehead atoms. The molecule has 1 aromatic rings. The Morgan fingerprint density at radius 3 is 2.40 bits per heavy atom. The van der Waals surface area contributed by atoms with Crippen LogP contribution in [0, 0.1) is 0 Å². The van der Waals surface area contributed by atoms with Crippen molar-refractivity contribution >= 4 is 18.4 Å². The fraction of sp³-hybridized carbons (Fsp3) is 0.214. The molecule has 0 aliphatic carbocycles. The Kier molecular flexibility index (Phi) is 5.16. The van der Waals surface area contributed by atoms with E-state index in [0.29, 0.717) is 0 Å². The van der Waals surface area contributed by atoms with Gasteiger partial charge < -0.3 is 0 Å². The molecule has 0 amide bonds. The summed E-state index contributed by atoms with van der Waals surface area (Å²) in [5.74, 6) is 0. The Hall–Kier alpha value is -1.63. The van der Waals surface area contributed by atoms with Crippen LogP contribution in [0.25, 0.3) is 12.2 Å². The van der Waals surface area contributed by atoms with E-state index in [1.165, 1.54) is 6.08 Å². The number of carbonyl (C=O) groups excluding carboxylic acids is 1. The van der Waals surface area contributed by atoms with Crippen molar-refractivity contribution in [3.8, 4) is 0 Å². The van der Waals surface area contributed by atoms with E-state index in [2.05, 4.69) is 25.1 Å². The molecule has 0 aliphatic rings. The van der Waals surface area contributed by atoms with Gasteiger partial charge in [0, 0.05) is 0 Å². The number of unbranched alkanes of at least 4 members (excludes halogenated alkanes) is 1. The summed E-state index contributed by atoms with van der Waals surface area (Å²) in [6, 6.07) is 8.04. The molecule has 0 aliphatic heterocycles. The van der Waals surface area contributed by atoms with Crippen LogP contribution in [-0.4, -0.2) is 6.29 Å². The third-order valence-electron chi connectivity index (χ3n) is 2.10. The number of carbonyl (C=O) groups is 1. The van der Waals surface area contributed by atoms with E-state index >= 15 is 0 Å². The number of aldehydes is 1. The topological polar surface area (TPSA) is 17.1 Å². The molecule has 0 unspecified atom stereocenters. The molecular formula is C14H16O. The molecule has 0 N–H and O–H groups in total. The summed E-state index contributed by atoms with van der Waals surface area (Å²) in [5.41, 5.74) is 2.24. The summed E-state index contributed by atoms with van der Waals surface area (Å²) in [6.07, 6.45) is 10.7. The fourth-order valence-corrected chi connectivity index (χ4v) is 1.33. The van der Waals surface area contributed by atoms with Gasteiger partial charge in [-0.05, 0) is 23.6 Å². The van der Waals surface area contributed by atoms with Gasteiger partial charge in [0.2, 0.25) is 0 Å². The lowest BCUT2D eigenvalue weighted by molar-refractivity contribution is -0.104. The van der Waals surface area contributed by atoms with E-state index < -0.39 is 0 Å². The molecule has 0 aromatic heterocycles. The van der Waals surface area contributed by atoms with E-state index in [0.717, 1.165) is 30.3 Å². The number of benzene rings is 1. The Labute approximate surface area is 91.1 Å². The molecule has 0 saturated heterocycles. The van der Waals surface area contributed by atoms with E-state index in [9.17, 15) is 4.79 Å². The van der Waals surface area contributed by atoms with E-state index in [4.69, 9.17) is 0 Å². The Balaban J connectivity index is 2.85. The lowest BCUT2D eigenvalue weighted by atomic mass is 10.1. The van der Waals surface area contributed by atoms with Crippen molar-refractivity contribution in [1.82, 2.24) is 0 Å². The number of hydrogen-bond acceptors (Lipinski definition) is 1. The van der Waals surface area contributed by atoms with Crippen LogP contribution >= 0.6 is 0 Å². The zero-order valence-corrected chi connectivity index (χ0v) is 9.02. The predicted octanol–water partition coefficient (Wildman–Crippen LogP) is 3.71. The van der Waals surface area contributed by atoms with Gasteiger partial charge in [0.05, 0.1) is 0 Å². The highest BCUT2D eigenvalue weighted by molar-refractivity contribution is 5.76.